The van der Waals surface area contributed by atoms with E-state index in [1.54, 1.807) is 11.3 Å². The Morgan fingerprint density at radius 1 is 1.67 bits per heavy atom. The number of rotatable bonds is 2. The van der Waals surface area contributed by atoms with Crippen LogP contribution in [0.3, 0.4) is 0 Å². The second kappa shape index (κ2) is 4.89. The molecule has 2 aliphatic rings. The van der Waals surface area contributed by atoms with Crippen molar-refractivity contribution in [2.45, 2.75) is 38.5 Å². The molecule has 5 heteroatoms. The lowest BCUT2D eigenvalue weighted by molar-refractivity contribution is -0.139. The highest BCUT2D eigenvalue weighted by atomic mass is 32.1. The third kappa shape index (κ3) is 2.59. The molecular weight excluding hydrogens is 246 g/mol. The molecule has 0 aromatic carbocycles. The van der Waals surface area contributed by atoms with Crippen molar-refractivity contribution in [3.63, 3.8) is 0 Å². The third-order valence-corrected chi connectivity index (χ3v) is 4.66. The van der Waals surface area contributed by atoms with E-state index in [4.69, 9.17) is 4.74 Å². The maximum Gasteiger partial charge on any atom is 0.107 e. The highest BCUT2D eigenvalue weighted by Crippen LogP contribution is 2.28. The Hall–Kier alpha value is -0.490. The van der Waals surface area contributed by atoms with E-state index in [0.29, 0.717) is 6.10 Å². The predicted octanol–water partition coefficient (Wildman–Crippen LogP) is 1.40. The minimum atomic E-state index is 0.0456. The molecule has 1 aromatic heterocycles. The van der Waals surface area contributed by atoms with Crippen molar-refractivity contribution < 1.29 is 4.74 Å². The van der Waals surface area contributed by atoms with Gasteiger partial charge in [0.05, 0.1) is 18.2 Å². The van der Waals surface area contributed by atoms with Gasteiger partial charge in [0.15, 0.2) is 0 Å². The normalized spacial score (nSPS) is 33.3. The Morgan fingerprint density at radius 2 is 2.56 bits per heavy atom. The fourth-order valence-electron chi connectivity index (χ4n) is 3.08. The number of nitrogens with one attached hydrogen (secondary N) is 1. The summed E-state index contributed by atoms with van der Waals surface area (Å²) < 4.78 is 6.19. The quantitative estimate of drug-likeness (QED) is 0.879. The molecule has 0 saturated carbocycles. The molecular formula is C13H21N3OS. The monoisotopic (exact) mass is 267 g/mol. The molecule has 2 fully saturated rings. The predicted molar refractivity (Wildman–Crippen MR) is 72.9 cm³/mol. The molecule has 100 valence electrons. The van der Waals surface area contributed by atoms with Crippen molar-refractivity contribution in [1.82, 2.24) is 15.2 Å². The zero-order chi connectivity index (χ0) is 12.6. The Bertz CT molecular complexity index is 414. The first kappa shape index (κ1) is 12.5. The molecule has 0 aliphatic carbocycles. The first-order valence-electron chi connectivity index (χ1n) is 6.67. The lowest BCUT2D eigenvalue weighted by atomic mass is 9.99. The topological polar surface area (TPSA) is 37.4 Å². The molecule has 2 atom stereocenters. The van der Waals surface area contributed by atoms with Gasteiger partial charge in [-0.15, -0.1) is 11.3 Å². The van der Waals surface area contributed by atoms with Crippen molar-refractivity contribution in [2.75, 3.05) is 26.2 Å². The Labute approximate surface area is 112 Å². The first-order chi connectivity index (χ1) is 8.65. The molecule has 1 N–H and O–H groups in total. The number of nitrogens with zero attached hydrogens (tertiary/aromatic N) is 2. The fourth-order valence-corrected chi connectivity index (χ4v) is 3.89. The molecule has 0 bridgehead atoms. The number of aryl methyl sites for hydroxylation is 1. The van der Waals surface area contributed by atoms with Crippen LogP contribution in [0.1, 0.15) is 24.0 Å². The van der Waals surface area contributed by atoms with Crippen LogP contribution in [0.2, 0.25) is 0 Å². The van der Waals surface area contributed by atoms with Crippen LogP contribution in [0.4, 0.5) is 0 Å². The zero-order valence-electron chi connectivity index (χ0n) is 11.1. The summed E-state index contributed by atoms with van der Waals surface area (Å²) in [5, 5.41) is 6.78. The molecule has 18 heavy (non-hydrogen) atoms. The summed E-state index contributed by atoms with van der Waals surface area (Å²) in [5.74, 6) is 0. The van der Waals surface area contributed by atoms with Crippen LogP contribution in [-0.4, -0.2) is 47.8 Å². The van der Waals surface area contributed by atoms with Crippen molar-refractivity contribution in [1.29, 1.82) is 0 Å². The average Bonchev–Trinajstić information content (AvgIpc) is 2.88. The number of hydrogen-bond donors (Lipinski definition) is 1. The largest absolute Gasteiger partial charge is 0.368 e. The van der Waals surface area contributed by atoms with Gasteiger partial charge in [-0.05, 0) is 26.8 Å². The highest BCUT2D eigenvalue weighted by Gasteiger charge is 2.41. The minimum Gasteiger partial charge on any atom is -0.368 e. The molecule has 4 nitrogen and oxygen atoms in total. The van der Waals surface area contributed by atoms with Crippen molar-refractivity contribution in [3.05, 3.63) is 16.1 Å². The number of aromatic nitrogens is 1. The lowest BCUT2D eigenvalue weighted by Gasteiger charge is -2.43. The highest BCUT2D eigenvalue weighted by molar-refractivity contribution is 7.09. The smallest absolute Gasteiger partial charge is 0.107 e. The van der Waals surface area contributed by atoms with Crippen molar-refractivity contribution in [3.8, 4) is 0 Å². The molecule has 3 rings (SSSR count). The van der Waals surface area contributed by atoms with Gasteiger partial charge in [-0.1, -0.05) is 0 Å². The van der Waals surface area contributed by atoms with E-state index in [-0.39, 0.29) is 5.60 Å². The van der Waals surface area contributed by atoms with E-state index in [1.165, 1.54) is 5.01 Å². The average molecular weight is 267 g/mol. The van der Waals surface area contributed by atoms with Gasteiger partial charge in [-0.25, -0.2) is 4.98 Å². The summed E-state index contributed by atoms with van der Waals surface area (Å²) in [6.07, 6.45) is 1.45. The summed E-state index contributed by atoms with van der Waals surface area (Å²) in [4.78, 5) is 7.06. The second-order valence-corrected chi connectivity index (χ2v) is 6.53. The summed E-state index contributed by atoms with van der Waals surface area (Å²) in [5.41, 5.74) is 1.18. The van der Waals surface area contributed by atoms with E-state index >= 15 is 0 Å². The molecule has 2 aliphatic heterocycles. The molecule has 1 aromatic rings. The first-order valence-corrected chi connectivity index (χ1v) is 7.55. The number of morpholine rings is 1. The van der Waals surface area contributed by atoms with Crippen LogP contribution in [0, 0.1) is 6.92 Å². The van der Waals surface area contributed by atoms with E-state index in [2.05, 4.69) is 34.4 Å². The van der Waals surface area contributed by atoms with Gasteiger partial charge in [0, 0.05) is 30.7 Å². The van der Waals surface area contributed by atoms with Crippen LogP contribution in [0.5, 0.6) is 0 Å². The zero-order valence-corrected chi connectivity index (χ0v) is 11.9. The van der Waals surface area contributed by atoms with Crippen LogP contribution in [0.25, 0.3) is 0 Å². The third-order valence-electron chi connectivity index (χ3n) is 3.71. The summed E-state index contributed by atoms with van der Waals surface area (Å²) in [7, 11) is 0. The Kier molecular flexibility index (Phi) is 3.40. The standard InChI is InChI=1S/C13H21N3OS/c1-10-7-18-12(15-10)6-16-5-11(2)17-13(9-16)3-4-14-8-13/h7,11,14H,3-6,8-9H2,1-2H3. The van der Waals surface area contributed by atoms with Crippen LogP contribution >= 0.6 is 11.3 Å². The Morgan fingerprint density at radius 3 is 3.22 bits per heavy atom. The van der Waals surface area contributed by atoms with Gasteiger partial charge in [0.1, 0.15) is 5.01 Å². The number of thiazole rings is 1. The van der Waals surface area contributed by atoms with Gasteiger partial charge in [0.2, 0.25) is 0 Å². The van der Waals surface area contributed by atoms with E-state index in [0.717, 1.165) is 44.8 Å². The molecule has 2 unspecified atom stereocenters. The van der Waals surface area contributed by atoms with Crippen LogP contribution < -0.4 is 5.32 Å². The van der Waals surface area contributed by atoms with Crippen molar-refractivity contribution >= 4 is 11.3 Å². The number of ether oxygens (including phenoxy) is 1. The summed E-state index contributed by atoms with van der Waals surface area (Å²) >= 11 is 1.77. The van der Waals surface area contributed by atoms with Gasteiger partial charge < -0.3 is 10.1 Å². The maximum absolute atomic E-state index is 6.19. The van der Waals surface area contributed by atoms with Crippen molar-refractivity contribution in [2.24, 2.45) is 0 Å². The van der Waals surface area contributed by atoms with E-state index in [9.17, 15) is 0 Å². The van der Waals surface area contributed by atoms with Gasteiger partial charge in [-0.3, -0.25) is 4.90 Å². The van der Waals surface area contributed by atoms with E-state index in [1.807, 2.05) is 0 Å². The van der Waals surface area contributed by atoms with E-state index < -0.39 is 0 Å². The van der Waals surface area contributed by atoms with Gasteiger partial charge >= 0.3 is 0 Å². The molecule has 3 heterocycles. The SMILES string of the molecule is Cc1csc(CN2CC(C)OC3(CCNC3)C2)n1. The fraction of sp³-hybridized carbons (Fsp3) is 0.769. The van der Waals surface area contributed by atoms with Gasteiger partial charge in [-0.2, -0.15) is 0 Å². The molecule has 1 spiro atoms. The van der Waals surface area contributed by atoms with Crippen LogP contribution in [0.15, 0.2) is 5.38 Å². The second-order valence-electron chi connectivity index (χ2n) is 5.59. The summed E-state index contributed by atoms with van der Waals surface area (Å²) in [6, 6.07) is 0. The minimum absolute atomic E-state index is 0.0456. The molecule has 2 saturated heterocycles. The number of hydrogen-bond acceptors (Lipinski definition) is 5. The Balaban J connectivity index is 1.68. The van der Waals surface area contributed by atoms with Crippen LogP contribution in [-0.2, 0) is 11.3 Å². The van der Waals surface area contributed by atoms with Gasteiger partial charge in [0.25, 0.3) is 0 Å². The molecule has 0 amide bonds. The lowest BCUT2D eigenvalue weighted by Crippen LogP contribution is -2.55. The molecule has 0 radical (unpaired) electrons. The maximum atomic E-state index is 6.19. The summed E-state index contributed by atoms with van der Waals surface area (Å²) in [6.45, 7) is 9.32.